The van der Waals surface area contributed by atoms with Crippen molar-refractivity contribution in [2.45, 2.75) is 13.5 Å². The first-order valence-corrected chi connectivity index (χ1v) is 11.0. The molecule has 34 heavy (non-hydrogen) atoms. The lowest BCUT2D eigenvalue weighted by molar-refractivity contribution is 0.0527. The molecule has 0 bridgehead atoms. The summed E-state index contributed by atoms with van der Waals surface area (Å²) < 4.78 is 12.5. The van der Waals surface area contributed by atoms with Gasteiger partial charge in [0, 0.05) is 23.9 Å². The Morgan fingerprint density at radius 1 is 1.12 bits per heavy atom. The maximum atomic E-state index is 13.1. The first kappa shape index (κ1) is 21.5. The van der Waals surface area contributed by atoms with Gasteiger partial charge in [-0.15, -0.1) is 0 Å². The lowest BCUT2D eigenvalue weighted by Gasteiger charge is -2.31. The summed E-state index contributed by atoms with van der Waals surface area (Å²) in [6.07, 6.45) is 1.39. The highest BCUT2D eigenvalue weighted by Crippen LogP contribution is 2.34. The third-order valence-corrected chi connectivity index (χ3v) is 5.86. The van der Waals surface area contributed by atoms with Crippen LogP contribution in [0.3, 0.4) is 0 Å². The molecule has 0 saturated heterocycles. The number of esters is 1. The van der Waals surface area contributed by atoms with Gasteiger partial charge in [0.2, 0.25) is 0 Å². The van der Waals surface area contributed by atoms with E-state index in [1.54, 1.807) is 20.0 Å². The molecule has 0 fully saturated rings. The Kier molecular flexibility index (Phi) is 5.63. The van der Waals surface area contributed by atoms with Crippen LogP contribution in [0.25, 0.3) is 10.8 Å². The second-order valence-corrected chi connectivity index (χ2v) is 7.99. The highest BCUT2D eigenvalue weighted by molar-refractivity contribution is 6.07. The van der Waals surface area contributed by atoms with Gasteiger partial charge >= 0.3 is 5.97 Å². The zero-order valence-electron chi connectivity index (χ0n) is 18.9. The number of aryl methyl sites for hydroxylation is 1. The fourth-order valence-electron chi connectivity index (χ4n) is 4.13. The van der Waals surface area contributed by atoms with Crippen LogP contribution < -0.4 is 15.0 Å². The lowest BCUT2D eigenvalue weighted by Crippen LogP contribution is -2.32. The molecule has 1 amide bonds. The van der Waals surface area contributed by atoms with Gasteiger partial charge in [0.05, 0.1) is 19.3 Å². The number of amides is 1. The predicted octanol–water partition coefficient (Wildman–Crippen LogP) is 4.36. The molecular formula is C26H24N4O4. The fourth-order valence-corrected chi connectivity index (χ4v) is 4.13. The number of nitrogens with one attached hydrogen (secondary N) is 1. The molecule has 0 saturated carbocycles. The zero-order chi connectivity index (χ0) is 23.7. The Bertz CT molecular complexity index is 1390. The summed E-state index contributed by atoms with van der Waals surface area (Å²) in [6, 6.07) is 19.6. The van der Waals surface area contributed by atoms with Crippen molar-refractivity contribution < 1.29 is 19.1 Å². The lowest BCUT2D eigenvalue weighted by atomic mass is 10.0. The van der Waals surface area contributed by atoms with Crippen molar-refractivity contribution in [1.29, 1.82) is 0 Å². The van der Waals surface area contributed by atoms with Gasteiger partial charge in [0.1, 0.15) is 17.1 Å². The molecule has 2 heterocycles. The molecule has 0 radical (unpaired) electrons. The zero-order valence-corrected chi connectivity index (χ0v) is 18.9. The largest absolute Gasteiger partial charge is 0.473 e. The van der Waals surface area contributed by atoms with Crippen LogP contribution in [-0.2, 0) is 18.3 Å². The van der Waals surface area contributed by atoms with Crippen LogP contribution in [0.15, 0.2) is 66.9 Å². The highest BCUT2D eigenvalue weighted by Gasteiger charge is 2.22. The molecule has 1 N–H and O–H groups in total. The van der Waals surface area contributed by atoms with Gasteiger partial charge in [-0.2, -0.15) is 5.10 Å². The van der Waals surface area contributed by atoms with E-state index in [0.717, 1.165) is 27.8 Å². The molecule has 0 spiro atoms. The molecule has 8 heteroatoms. The van der Waals surface area contributed by atoms with Crippen LogP contribution in [0.1, 0.15) is 33.2 Å². The Morgan fingerprint density at radius 3 is 2.82 bits per heavy atom. The molecule has 0 unspecified atom stereocenters. The molecule has 0 atom stereocenters. The van der Waals surface area contributed by atoms with Crippen LogP contribution >= 0.6 is 0 Å². The SMILES string of the molecule is CCOC(=O)c1cnn(C)c1NC(=O)c1cccc(N2COc3ccc4ccccc4c3C2)c1. The highest BCUT2D eigenvalue weighted by atomic mass is 16.5. The van der Waals surface area contributed by atoms with Gasteiger partial charge in [0.15, 0.2) is 6.73 Å². The summed E-state index contributed by atoms with van der Waals surface area (Å²) in [5.74, 6) is 0.290. The second kappa shape index (κ2) is 8.90. The topological polar surface area (TPSA) is 85.7 Å². The predicted molar refractivity (Wildman–Crippen MR) is 129 cm³/mol. The Labute approximate surface area is 196 Å². The number of hydrogen-bond donors (Lipinski definition) is 1. The summed E-state index contributed by atoms with van der Waals surface area (Å²) in [6.45, 7) is 3.00. The van der Waals surface area contributed by atoms with Gasteiger partial charge < -0.3 is 19.7 Å². The smallest absolute Gasteiger partial charge is 0.343 e. The van der Waals surface area contributed by atoms with Crippen molar-refractivity contribution in [3.63, 3.8) is 0 Å². The number of fused-ring (bicyclic) bond motifs is 3. The number of carbonyl (C=O) groups excluding carboxylic acids is 2. The first-order chi connectivity index (χ1) is 16.5. The summed E-state index contributed by atoms with van der Waals surface area (Å²) in [5, 5.41) is 9.19. The van der Waals surface area contributed by atoms with Gasteiger partial charge in [-0.25, -0.2) is 4.79 Å². The van der Waals surface area contributed by atoms with E-state index in [1.165, 1.54) is 10.9 Å². The van der Waals surface area contributed by atoms with Crippen LogP contribution in [-0.4, -0.2) is 35.0 Å². The number of nitrogens with zero attached hydrogens (tertiary/aromatic N) is 3. The molecule has 1 aliphatic heterocycles. The van der Waals surface area contributed by atoms with E-state index in [0.29, 0.717) is 18.8 Å². The molecule has 4 aromatic rings. The van der Waals surface area contributed by atoms with Crippen molar-refractivity contribution in [3.8, 4) is 5.75 Å². The summed E-state index contributed by atoms with van der Waals surface area (Å²) in [7, 11) is 1.65. The monoisotopic (exact) mass is 456 g/mol. The Balaban J connectivity index is 1.39. The summed E-state index contributed by atoms with van der Waals surface area (Å²) in [5.41, 5.74) is 2.65. The fraction of sp³-hybridized carbons (Fsp3) is 0.192. The number of benzene rings is 3. The van der Waals surface area contributed by atoms with Crippen molar-refractivity contribution in [3.05, 3.63) is 83.6 Å². The summed E-state index contributed by atoms with van der Waals surface area (Å²) in [4.78, 5) is 27.3. The van der Waals surface area contributed by atoms with E-state index in [2.05, 4.69) is 33.5 Å². The second-order valence-electron chi connectivity index (χ2n) is 7.99. The maximum absolute atomic E-state index is 13.1. The van der Waals surface area contributed by atoms with Crippen LogP contribution in [0.5, 0.6) is 5.75 Å². The molecule has 172 valence electrons. The van der Waals surface area contributed by atoms with Crippen molar-refractivity contribution in [2.75, 3.05) is 23.6 Å². The van der Waals surface area contributed by atoms with Crippen molar-refractivity contribution >= 4 is 34.2 Å². The van der Waals surface area contributed by atoms with Crippen molar-refractivity contribution in [1.82, 2.24) is 9.78 Å². The van der Waals surface area contributed by atoms with E-state index in [-0.39, 0.29) is 23.9 Å². The van der Waals surface area contributed by atoms with Crippen molar-refractivity contribution in [2.24, 2.45) is 7.05 Å². The van der Waals surface area contributed by atoms with Crippen LogP contribution in [0, 0.1) is 0 Å². The maximum Gasteiger partial charge on any atom is 0.343 e. The average Bonchev–Trinajstić information content (AvgIpc) is 3.23. The molecule has 0 aliphatic carbocycles. The van der Waals surface area contributed by atoms with Gasteiger partial charge in [0.25, 0.3) is 5.91 Å². The van der Waals surface area contributed by atoms with Gasteiger partial charge in [-0.1, -0.05) is 36.4 Å². The minimum Gasteiger partial charge on any atom is -0.473 e. The molecule has 1 aromatic heterocycles. The molecular weight excluding hydrogens is 432 g/mol. The first-order valence-electron chi connectivity index (χ1n) is 11.0. The van der Waals surface area contributed by atoms with Gasteiger partial charge in [-0.3, -0.25) is 9.48 Å². The van der Waals surface area contributed by atoms with Gasteiger partial charge in [-0.05, 0) is 42.0 Å². The third-order valence-electron chi connectivity index (χ3n) is 5.86. The Hall–Kier alpha value is -4.33. The van der Waals surface area contributed by atoms with E-state index >= 15 is 0 Å². The standard InChI is InChI=1S/C26H24N4O4/c1-3-33-26(32)21-14-27-29(2)24(21)28-25(31)18-8-6-9-19(13-18)30-15-22-20-10-5-4-7-17(20)11-12-23(22)34-16-30/h4-14H,3,15-16H2,1-2H3,(H,28,31). The summed E-state index contributed by atoms with van der Waals surface area (Å²) >= 11 is 0. The molecule has 3 aromatic carbocycles. The number of ether oxygens (including phenoxy) is 2. The quantitative estimate of drug-likeness (QED) is 0.449. The molecule has 8 nitrogen and oxygen atoms in total. The van der Waals surface area contributed by atoms with Crippen LogP contribution in [0.4, 0.5) is 11.5 Å². The van der Waals surface area contributed by atoms with Crippen LogP contribution in [0.2, 0.25) is 0 Å². The number of anilines is 2. The normalized spacial score (nSPS) is 12.7. The minimum absolute atomic E-state index is 0.210. The molecule has 5 rings (SSSR count). The minimum atomic E-state index is -0.531. The Morgan fingerprint density at radius 2 is 1.97 bits per heavy atom. The van der Waals surface area contributed by atoms with E-state index in [4.69, 9.17) is 9.47 Å². The molecule has 1 aliphatic rings. The number of hydrogen-bond acceptors (Lipinski definition) is 6. The van der Waals surface area contributed by atoms with E-state index < -0.39 is 5.97 Å². The van der Waals surface area contributed by atoms with E-state index in [9.17, 15) is 9.59 Å². The average molecular weight is 457 g/mol. The number of rotatable bonds is 5. The number of aromatic nitrogens is 2. The third kappa shape index (κ3) is 3.94. The number of carbonyl (C=O) groups is 2. The van der Waals surface area contributed by atoms with E-state index in [1.807, 2.05) is 36.4 Å².